The predicted octanol–water partition coefficient (Wildman–Crippen LogP) is 5.64. The van der Waals surface area contributed by atoms with Gasteiger partial charge in [-0.25, -0.2) is 14.1 Å². The molecule has 4 heterocycles. The monoisotopic (exact) mass is 471 g/mol. The minimum Gasteiger partial charge on any atom is -0.358 e. The first kappa shape index (κ1) is 20.8. The lowest BCUT2D eigenvalue weighted by atomic mass is 9.93. The number of rotatable bonds is 4. The highest BCUT2D eigenvalue weighted by Crippen LogP contribution is 2.31. The first-order chi connectivity index (χ1) is 16.7. The van der Waals surface area contributed by atoms with Crippen molar-refractivity contribution in [3.05, 3.63) is 89.4 Å². The second-order valence-corrected chi connectivity index (χ2v) is 9.45. The van der Waals surface area contributed by atoms with E-state index in [0.717, 1.165) is 23.2 Å². The Labute approximate surface area is 199 Å². The lowest BCUT2D eigenvalue weighted by Crippen LogP contribution is -2.38. The Morgan fingerprint density at radius 1 is 1.03 bits per heavy atom. The molecule has 34 heavy (non-hydrogen) atoms. The maximum absolute atomic E-state index is 13.5. The minimum absolute atomic E-state index is 0.164. The number of piperidine rings is 1. The van der Waals surface area contributed by atoms with Crippen LogP contribution in [0.5, 0.6) is 0 Å². The molecule has 0 radical (unpaired) electrons. The van der Waals surface area contributed by atoms with Gasteiger partial charge in [-0.1, -0.05) is 24.3 Å². The van der Waals surface area contributed by atoms with E-state index in [9.17, 15) is 9.18 Å². The zero-order valence-electron chi connectivity index (χ0n) is 18.3. The van der Waals surface area contributed by atoms with Gasteiger partial charge < -0.3 is 9.88 Å². The molecule has 1 N–H and O–H groups in total. The van der Waals surface area contributed by atoms with Gasteiger partial charge in [0, 0.05) is 30.2 Å². The van der Waals surface area contributed by atoms with Crippen LogP contribution in [0.25, 0.3) is 27.3 Å². The number of thiophene rings is 1. The fourth-order valence-electron chi connectivity index (χ4n) is 4.58. The van der Waals surface area contributed by atoms with Crippen LogP contribution in [0.2, 0.25) is 0 Å². The number of carbonyl (C=O) groups excluding carboxylic acids is 1. The van der Waals surface area contributed by atoms with E-state index in [1.807, 2.05) is 34.5 Å². The van der Waals surface area contributed by atoms with E-state index in [1.165, 1.54) is 34.5 Å². The molecule has 6 nitrogen and oxygen atoms in total. The molecular weight excluding hydrogens is 449 g/mol. The van der Waals surface area contributed by atoms with Crippen LogP contribution in [-0.2, 0) is 0 Å². The molecule has 0 unspecified atom stereocenters. The van der Waals surface area contributed by atoms with Gasteiger partial charge in [-0.15, -0.1) is 16.4 Å². The van der Waals surface area contributed by atoms with Gasteiger partial charge >= 0.3 is 0 Å². The largest absolute Gasteiger partial charge is 0.358 e. The first-order valence-corrected chi connectivity index (χ1v) is 12.2. The first-order valence-electron chi connectivity index (χ1n) is 11.3. The SMILES string of the molecule is O=C(c1nc(-c2cccs2)n(-c2ccc(F)cc2)n1)N1CCC(c2cc3ccccc3[nH]2)CC1. The summed E-state index contributed by atoms with van der Waals surface area (Å²) in [5.41, 5.74) is 3.04. The van der Waals surface area contributed by atoms with E-state index in [1.54, 1.807) is 16.8 Å². The van der Waals surface area contributed by atoms with Gasteiger partial charge in [0.05, 0.1) is 10.6 Å². The zero-order chi connectivity index (χ0) is 23.1. The molecule has 0 atom stereocenters. The summed E-state index contributed by atoms with van der Waals surface area (Å²) in [5.74, 6) is 0.641. The Hall–Kier alpha value is -3.78. The number of halogens is 1. The predicted molar refractivity (Wildman–Crippen MR) is 131 cm³/mol. The number of fused-ring (bicyclic) bond motifs is 1. The van der Waals surface area contributed by atoms with Crippen LogP contribution in [0.4, 0.5) is 4.39 Å². The number of hydrogen-bond donors (Lipinski definition) is 1. The van der Waals surface area contributed by atoms with Crippen molar-refractivity contribution < 1.29 is 9.18 Å². The molecule has 0 saturated carbocycles. The highest BCUT2D eigenvalue weighted by atomic mass is 32.1. The van der Waals surface area contributed by atoms with E-state index in [2.05, 4.69) is 33.3 Å². The van der Waals surface area contributed by atoms with Crippen molar-refractivity contribution >= 4 is 28.1 Å². The quantitative estimate of drug-likeness (QED) is 0.369. The molecule has 3 aromatic heterocycles. The summed E-state index contributed by atoms with van der Waals surface area (Å²) in [7, 11) is 0. The lowest BCUT2D eigenvalue weighted by molar-refractivity contribution is 0.0700. The standard InChI is InChI=1S/C26H22FN5OS/c27-19-7-9-20(10-8-19)32-25(23-6-3-15-34-23)29-24(30-32)26(33)31-13-11-17(12-14-31)22-16-18-4-1-2-5-21(18)28-22/h1-10,15-17,28H,11-14H2. The van der Waals surface area contributed by atoms with Gasteiger partial charge in [0.15, 0.2) is 5.82 Å². The Kier molecular flexibility index (Phi) is 5.22. The van der Waals surface area contributed by atoms with Crippen molar-refractivity contribution in [1.82, 2.24) is 24.6 Å². The van der Waals surface area contributed by atoms with Crippen molar-refractivity contribution in [2.75, 3.05) is 13.1 Å². The van der Waals surface area contributed by atoms with Gasteiger partial charge in [0.25, 0.3) is 5.91 Å². The lowest BCUT2D eigenvalue weighted by Gasteiger charge is -2.30. The minimum atomic E-state index is -0.323. The molecule has 8 heteroatoms. The van der Waals surface area contributed by atoms with Gasteiger partial charge in [0.2, 0.25) is 5.82 Å². The van der Waals surface area contributed by atoms with E-state index >= 15 is 0 Å². The molecule has 0 spiro atoms. The van der Waals surface area contributed by atoms with Gasteiger partial charge in [-0.3, -0.25) is 4.79 Å². The number of benzene rings is 2. The van der Waals surface area contributed by atoms with Crippen molar-refractivity contribution in [3.63, 3.8) is 0 Å². The molecule has 1 amide bonds. The third kappa shape index (κ3) is 3.80. The highest BCUT2D eigenvalue weighted by molar-refractivity contribution is 7.13. The Morgan fingerprint density at radius 2 is 1.82 bits per heavy atom. The summed E-state index contributed by atoms with van der Waals surface area (Å²) in [6, 6.07) is 20.4. The smallest absolute Gasteiger partial charge is 0.293 e. The van der Waals surface area contributed by atoms with Crippen molar-refractivity contribution in [2.45, 2.75) is 18.8 Å². The molecule has 170 valence electrons. The maximum atomic E-state index is 13.5. The van der Waals surface area contributed by atoms with Crippen LogP contribution in [0.15, 0.2) is 72.1 Å². The van der Waals surface area contributed by atoms with Gasteiger partial charge in [-0.2, -0.15) is 0 Å². The van der Waals surface area contributed by atoms with Crippen LogP contribution < -0.4 is 0 Å². The number of para-hydroxylation sites is 1. The number of aromatic nitrogens is 4. The third-order valence-corrected chi connectivity index (χ3v) is 7.25. The molecule has 1 aliphatic heterocycles. The van der Waals surface area contributed by atoms with Crippen LogP contribution in [0, 0.1) is 5.82 Å². The molecule has 0 aliphatic carbocycles. The summed E-state index contributed by atoms with van der Waals surface area (Å²) in [6.45, 7) is 1.30. The second kappa shape index (κ2) is 8.53. The molecule has 2 aromatic carbocycles. The molecule has 1 fully saturated rings. The van der Waals surface area contributed by atoms with Gasteiger partial charge in [0.1, 0.15) is 5.82 Å². The van der Waals surface area contributed by atoms with Crippen molar-refractivity contribution in [2.24, 2.45) is 0 Å². The Morgan fingerprint density at radius 3 is 2.56 bits per heavy atom. The molecule has 6 rings (SSSR count). The normalized spacial score (nSPS) is 14.7. The van der Waals surface area contributed by atoms with E-state index in [0.29, 0.717) is 30.5 Å². The number of amides is 1. The Bertz CT molecular complexity index is 1410. The van der Waals surface area contributed by atoms with Crippen molar-refractivity contribution in [3.8, 4) is 16.4 Å². The second-order valence-electron chi connectivity index (χ2n) is 8.50. The summed E-state index contributed by atoms with van der Waals surface area (Å²) in [4.78, 5) is 24.2. The number of nitrogens with zero attached hydrogens (tertiary/aromatic N) is 4. The molecular formula is C26H22FN5OS. The highest BCUT2D eigenvalue weighted by Gasteiger charge is 2.29. The molecule has 5 aromatic rings. The maximum Gasteiger partial charge on any atom is 0.293 e. The number of likely N-dealkylation sites (tertiary alicyclic amines) is 1. The number of H-pyrrole nitrogens is 1. The topological polar surface area (TPSA) is 66.8 Å². The number of nitrogens with one attached hydrogen (secondary N) is 1. The third-order valence-electron chi connectivity index (χ3n) is 6.38. The zero-order valence-corrected chi connectivity index (χ0v) is 19.1. The van der Waals surface area contributed by atoms with Crippen LogP contribution in [0.3, 0.4) is 0 Å². The van der Waals surface area contributed by atoms with E-state index in [-0.39, 0.29) is 17.5 Å². The van der Waals surface area contributed by atoms with Crippen LogP contribution in [-0.4, -0.2) is 43.6 Å². The number of hydrogen-bond acceptors (Lipinski definition) is 4. The summed E-state index contributed by atoms with van der Waals surface area (Å²) in [6.07, 6.45) is 1.77. The summed E-state index contributed by atoms with van der Waals surface area (Å²) >= 11 is 1.52. The van der Waals surface area contributed by atoms with Crippen LogP contribution in [0.1, 0.15) is 35.1 Å². The van der Waals surface area contributed by atoms with E-state index < -0.39 is 0 Å². The Balaban J connectivity index is 1.23. The molecule has 1 saturated heterocycles. The van der Waals surface area contributed by atoms with Gasteiger partial charge in [-0.05, 0) is 66.1 Å². The number of carbonyl (C=O) groups is 1. The fourth-order valence-corrected chi connectivity index (χ4v) is 5.28. The number of aromatic amines is 1. The average Bonchev–Trinajstić information content (AvgIpc) is 3.63. The summed E-state index contributed by atoms with van der Waals surface area (Å²) < 4.78 is 15.1. The van der Waals surface area contributed by atoms with E-state index in [4.69, 9.17) is 0 Å². The average molecular weight is 472 g/mol. The summed E-state index contributed by atoms with van der Waals surface area (Å²) in [5, 5.41) is 7.71. The fraction of sp³-hybridized carbons (Fsp3) is 0.192. The molecule has 1 aliphatic rings. The van der Waals surface area contributed by atoms with Crippen molar-refractivity contribution in [1.29, 1.82) is 0 Å². The molecule has 0 bridgehead atoms. The van der Waals surface area contributed by atoms with Crippen LogP contribution >= 0.6 is 11.3 Å².